The Hall–Kier alpha value is -2.80. The van der Waals surface area contributed by atoms with Crippen molar-refractivity contribution in [3.8, 4) is 0 Å². The van der Waals surface area contributed by atoms with Gasteiger partial charge in [0.05, 0.1) is 5.25 Å². The van der Waals surface area contributed by atoms with Crippen LogP contribution in [-0.2, 0) is 4.79 Å². The first-order chi connectivity index (χ1) is 11.5. The minimum Gasteiger partial charge on any atom is -0.383 e. The van der Waals surface area contributed by atoms with Crippen molar-refractivity contribution >= 4 is 45.8 Å². The van der Waals surface area contributed by atoms with Crippen LogP contribution in [0.2, 0.25) is 0 Å². The van der Waals surface area contributed by atoms with Gasteiger partial charge in [-0.25, -0.2) is 9.97 Å². The number of nitrogens with two attached hydrogens (primary N) is 2. The molecule has 1 aromatic heterocycles. The highest BCUT2D eigenvalue weighted by molar-refractivity contribution is 8.00. The predicted octanol–water partition coefficient (Wildman–Crippen LogP) is 2.91. The molecule has 0 fully saturated rings. The van der Waals surface area contributed by atoms with E-state index in [2.05, 4.69) is 15.3 Å². The molecule has 0 saturated carbocycles. The lowest BCUT2D eigenvalue weighted by atomic mass is 10.1. The number of hydrogen-bond donors (Lipinski definition) is 3. The normalized spacial score (nSPS) is 12.0. The summed E-state index contributed by atoms with van der Waals surface area (Å²) in [4.78, 5) is 20.6. The Bertz CT molecular complexity index is 874. The molecule has 0 saturated heterocycles. The van der Waals surface area contributed by atoms with E-state index in [-0.39, 0.29) is 17.5 Å². The van der Waals surface area contributed by atoms with E-state index < -0.39 is 5.25 Å². The van der Waals surface area contributed by atoms with Crippen LogP contribution >= 0.6 is 11.8 Å². The van der Waals surface area contributed by atoms with Crippen molar-refractivity contribution in [1.82, 2.24) is 9.97 Å². The van der Waals surface area contributed by atoms with Crippen LogP contribution in [0.3, 0.4) is 0 Å². The second-order valence-electron chi connectivity index (χ2n) is 5.28. The van der Waals surface area contributed by atoms with Crippen molar-refractivity contribution in [2.24, 2.45) is 0 Å². The largest absolute Gasteiger partial charge is 0.383 e. The fraction of sp³-hybridized carbons (Fsp3) is 0.118. The lowest BCUT2D eigenvalue weighted by molar-refractivity contribution is -0.115. The van der Waals surface area contributed by atoms with Gasteiger partial charge >= 0.3 is 0 Å². The standard InChI is InChI=1S/C17H17N5OS/c1-10(24-17-21-14(18)9-15(19)22-17)16(23)20-13-8-4-6-11-5-2-3-7-12(11)13/h2-10H,1H3,(H,20,23)(H4,18,19,21,22). The number of anilines is 3. The smallest absolute Gasteiger partial charge is 0.237 e. The molecule has 1 atom stereocenters. The van der Waals surface area contributed by atoms with Crippen LogP contribution in [0, 0.1) is 0 Å². The average Bonchev–Trinajstić information content (AvgIpc) is 2.54. The molecule has 0 aliphatic carbocycles. The summed E-state index contributed by atoms with van der Waals surface area (Å²) >= 11 is 1.21. The van der Waals surface area contributed by atoms with Crippen LogP contribution in [-0.4, -0.2) is 21.1 Å². The number of thioether (sulfide) groups is 1. The average molecular weight is 339 g/mol. The number of fused-ring (bicyclic) bond motifs is 1. The Morgan fingerprint density at radius 2 is 1.75 bits per heavy atom. The van der Waals surface area contributed by atoms with E-state index in [1.54, 1.807) is 6.92 Å². The minimum absolute atomic E-state index is 0.138. The molecule has 0 spiro atoms. The van der Waals surface area contributed by atoms with Gasteiger partial charge in [0.1, 0.15) is 11.6 Å². The Balaban J connectivity index is 1.76. The molecule has 0 aliphatic heterocycles. The fourth-order valence-corrected chi connectivity index (χ4v) is 3.09. The maximum absolute atomic E-state index is 12.5. The van der Waals surface area contributed by atoms with Crippen LogP contribution in [0.15, 0.2) is 53.7 Å². The third-order valence-electron chi connectivity index (χ3n) is 3.44. The third-order valence-corrected chi connectivity index (χ3v) is 4.41. The van der Waals surface area contributed by atoms with Gasteiger partial charge in [0.25, 0.3) is 0 Å². The van der Waals surface area contributed by atoms with Crippen LogP contribution < -0.4 is 16.8 Å². The van der Waals surface area contributed by atoms with E-state index in [1.165, 1.54) is 17.8 Å². The van der Waals surface area contributed by atoms with Gasteiger partial charge in [0.15, 0.2) is 5.16 Å². The van der Waals surface area contributed by atoms with E-state index >= 15 is 0 Å². The molecule has 122 valence electrons. The molecule has 7 heteroatoms. The number of amides is 1. The molecule has 5 N–H and O–H groups in total. The molecule has 1 heterocycles. The second kappa shape index (κ2) is 6.76. The zero-order valence-corrected chi connectivity index (χ0v) is 13.9. The summed E-state index contributed by atoms with van der Waals surface area (Å²) in [6, 6.07) is 15.2. The first-order valence-corrected chi connectivity index (χ1v) is 8.26. The van der Waals surface area contributed by atoms with Crippen LogP contribution in [0.25, 0.3) is 10.8 Å². The third kappa shape index (κ3) is 3.57. The second-order valence-corrected chi connectivity index (χ2v) is 6.58. The quantitative estimate of drug-likeness (QED) is 0.498. The van der Waals surface area contributed by atoms with Crippen LogP contribution in [0.4, 0.5) is 17.3 Å². The summed E-state index contributed by atoms with van der Waals surface area (Å²) in [6.07, 6.45) is 0. The van der Waals surface area contributed by atoms with Crippen molar-refractivity contribution in [3.63, 3.8) is 0 Å². The first kappa shape index (κ1) is 16.1. The topological polar surface area (TPSA) is 107 Å². The Morgan fingerprint density at radius 3 is 2.50 bits per heavy atom. The number of carbonyl (C=O) groups excluding carboxylic acids is 1. The molecular weight excluding hydrogens is 322 g/mol. The SMILES string of the molecule is CC(Sc1nc(N)cc(N)n1)C(=O)Nc1cccc2ccccc12. The summed E-state index contributed by atoms with van der Waals surface area (Å²) in [7, 11) is 0. The summed E-state index contributed by atoms with van der Waals surface area (Å²) in [6.45, 7) is 1.79. The van der Waals surface area contributed by atoms with E-state index in [4.69, 9.17) is 11.5 Å². The first-order valence-electron chi connectivity index (χ1n) is 7.38. The lowest BCUT2D eigenvalue weighted by Gasteiger charge is -2.13. The zero-order chi connectivity index (χ0) is 17.1. The van der Waals surface area contributed by atoms with Crippen molar-refractivity contribution in [2.75, 3.05) is 16.8 Å². The summed E-state index contributed by atoms with van der Waals surface area (Å²) < 4.78 is 0. The molecule has 0 bridgehead atoms. The highest BCUT2D eigenvalue weighted by Gasteiger charge is 2.17. The summed E-state index contributed by atoms with van der Waals surface area (Å²) in [5.41, 5.74) is 12.1. The van der Waals surface area contributed by atoms with E-state index in [0.717, 1.165) is 16.5 Å². The van der Waals surface area contributed by atoms with Crippen molar-refractivity contribution in [3.05, 3.63) is 48.5 Å². The number of carbonyl (C=O) groups is 1. The Kier molecular flexibility index (Phi) is 4.52. The van der Waals surface area contributed by atoms with Crippen LogP contribution in [0.5, 0.6) is 0 Å². The molecule has 1 unspecified atom stereocenters. The number of hydrogen-bond acceptors (Lipinski definition) is 6. The van der Waals surface area contributed by atoms with Crippen molar-refractivity contribution in [1.29, 1.82) is 0 Å². The maximum atomic E-state index is 12.5. The molecule has 3 rings (SSSR count). The van der Waals surface area contributed by atoms with E-state index in [0.29, 0.717) is 5.16 Å². The molecule has 6 nitrogen and oxygen atoms in total. The predicted molar refractivity (Wildman–Crippen MR) is 98.8 cm³/mol. The van der Waals surface area contributed by atoms with E-state index in [9.17, 15) is 4.79 Å². The molecule has 2 aromatic carbocycles. The molecule has 0 radical (unpaired) electrons. The minimum atomic E-state index is -0.398. The Labute approximate surface area is 143 Å². The Morgan fingerprint density at radius 1 is 1.08 bits per heavy atom. The maximum Gasteiger partial charge on any atom is 0.237 e. The van der Waals surface area contributed by atoms with Gasteiger partial charge in [-0.2, -0.15) is 0 Å². The van der Waals surface area contributed by atoms with Gasteiger partial charge in [0.2, 0.25) is 5.91 Å². The summed E-state index contributed by atoms with van der Waals surface area (Å²) in [5.74, 6) is 0.430. The van der Waals surface area contributed by atoms with Gasteiger partial charge in [-0.1, -0.05) is 48.2 Å². The highest BCUT2D eigenvalue weighted by atomic mass is 32.2. The van der Waals surface area contributed by atoms with Crippen LogP contribution in [0.1, 0.15) is 6.92 Å². The van der Waals surface area contributed by atoms with Crippen molar-refractivity contribution in [2.45, 2.75) is 17.3 Å². The number of nitrogens with zero attached hydrogens (tertiary/aromatic N) is 2. The summed E-state index contributed by atoms with van der Waals surface area (Å²) in [5, 5.41) is 5.01. The van der Waals surface area contributed by atoms with Gasteiger partial charge < -0.3 is 16.8 Å². The molecular formula is C17H17N5OS. The molecule has 24 heavy (non-hydrogen) atoms. The fourth-order valence-electron chi connectivity index (χ4n) is 2.30. The van der Waals surface area contributed by atoms with Crippen molar-refractivity contribution < 1.29 is 4.79 Å². The lowest BCUT2D eigenvalue weighted by Crippen LogP contribution is -2.23. The van der Waals surface area contributed by atoms with Gasteiger partial charge in [-0.3, -0.25) is 4.79 Å². The highest BCUT2D eigenvalue weighted by Crippen LogP contribution is 2.26. The number of benzene rings is 2. The van der Waals surface area contributed by atoms with Gasteiger partial charge in [0, 0.05) is 17.1 Å². The number of nitrogens with one attached hydrogen (secondary N) is 1. The van der Waals surface area contributed by atoms with Gasteiger partial charge in [-0.05, 0) is 18.4 Å². The molecule has 1 amide bonds. The number of nitrogen functional groups attached to an aromatic ring is 2. The van der Waals surface area contributed by atoms with Gasteiger partial charge in [-0.15, -0.1) is 0 Å². The molecule has 0 aliphatic rings. The molecule has 3 aromatic rings. The monoisotopic (exact) mass is 339 g/mol. The number of aromatic nitrogens is 2. The van der Waals surface area contributed by atoms with E-state index in [1.807, 2.05) is 42.5 Å². The zero-order valence-electron chi connectivity index (χ0n) is 13.1. The number of rotatable bonds is 4.